The molecule has 2 heterocycles. The van der Waals surface area contributed by atoms with Crippen LogP contribution in [0.1, 0.15) is 63.9 Å². The molecule has 2 aromatic rings. The number of likely N-dealkylation sites (tertiary alicyclic amines) is 1. The second-order valence-electron chi connectivity index (χ2n) is 9.11. The van der Waals surface area contributed by atoms with E-state index in [1.165, 1.54) is 45.1 Å². The Kier molecular flexibility index (Phi) is 9.43. The Hall–Kier alpha value is -1.88. The number of hydrogen-bond donors (Lipinski definition) is 2. The lowest BCUT2D eigenvalue weighted by Crippen LogP contribution is -2.35. The van der Waals surface area contributed by atoms with E-state index in [1.807, 2.05) is 18.2 Å². The highest BCUT2D eigenvalue weighted by atomic mass is 127. The van der Waals surface area contributed by atoms with Crippen molar-refractivity contribution in [2.75, 3.05) is 37.4 Å². The Labute approximate surface area is 216 Å². The molecule has 2 N–H and O–H groups in total. The van der Waals surface area contributed by atoms with Crippen LogP contribution in [-0.2, 0) is 4.43 Å². The van der Waals surface area contributed by atoms with Gasteiger partial charge in [-0.15, -0.1) is 0 Å². The van der Waals surface area contributed by atoms with Crippen LogP contribution in [0.5, 0.6) is 17.5 Å². The van der Waals surface area contributed by atoms with Crippen LogP contribution < -0.4 is 20.1 Å². The van der Waals surface area contributed by atoms with E-state index in [1.54, 1.807) is 7.11 Å². The number of hydrogen-bond acceptors (Lipinski definition) is 8. The summed E-state index contributed by atoms with van der Waals surface area (Å²) in [4.78, 5) is 16.4. The lowest BCUT2D eigenvalue weighted by atomic mass is 10.1. The first-order valence-electron chi connectivity index (χ1n) is 12.6. The predicted octanol–water partition coefficient (Wildman–Crippen LogP) is 5.64. The number of halogens is 1. The fourth-order valence-corrected chi connectivity index (χ4v) is 5.53. The van der Waals surface area contributed by atoms with Gasteiger partial charge < -0.3 is 20.1 Å². The molecule has 8 nitrogen and oxygen atoms in total. The first-order chi connectivity index (χ1) is 16.7. The Balaban J connectivity index is 1.53. The molecule has 0 bridgehead atoms. The molecule has 0 spiro atoms. The third kappa shape index (κ3) is 6.84. The molecule has 1 atom stereocenters. The number of ether oxygens (including phenoxy) is 2. The molecule has 34 heavy (non-hydrogen) atoms. The van der Waals surface area contributed by atoms with Gasteiger partial charge in [0.1, 0.15) is 11.5 Å². The number of likely N-dealkylation sites (N-methyl/N-ethyl adjacent to an activating group) is 1. The number of nitrogens with one attached hydrogen (secondary N) is 2. The van der Waals surface area contributed by atoms with Gasteiger partial charge in [0, 0.05) is 28.6 Å². The molecule has 1 aromatic heterocycles. The van der Waals surface area contributed by atoms with Crippen molar-refractivity contribution in [1.29, 1.82) is 0 Å². The summed E-state index contributed by atoms with van der Waals surface area (Å²) < 4.78 is 12.4. The minimum Gasteiger partial charge on any atom is -0.496 e. The Morgan fingerprint density at radius 2 is 1.82 bits per heavy atom. The maximum atomic E-state index is 6.12. The molecule has 2 aliphatic rings. The maximum absolute atomic E-state index is 6.12. The van der Waals surface area contributed by atoms with Gasteiger partial charge in [-0.2, -0.15) is 15.0 Å². The van der Waals surface area contributed by atoms with Crippen LogP contribution in [0.4, 0.5) is 11.9 Å². The zero-order valence-corrected chi connectivity index (χ0v) is 22.5. The highest BCUT2D eigenvalue weighted by Crippen LogP contribution is 2.29. The van der Waals surface area contributed by atoms with E-state index in [2.05, 4.69) is 55.0 Å². The van der Waals surface area contributed by atoms with Crippen molar-refractivity contribution in [3.63, 3.8) is 0 Å². The van der Waals surface area contributed by atoms with Crippen molar-refractivity contribution in [1.82, 2.24) is 19.9 Å². The molecule has 9 heteroatoms. The third-order valence-electron chi connectivity index (χ3n) is 6.81. The standard InChI is InChI=1S/C25H37IN6O2/c1-3-32-14-8-11-20(32)17-27-23-29-24(28-19-9-6-4-5-7-10-19)31-25(30-23)34-21-12-13-22(33-2)18(15-21)16-26/h12-13,15,19-20H,3-11,14,16-17H2,1-2H3,(H2,27,28,29,30,31). The van der Waals surface area contributed by atoms with Crippen LogP contribution in [0.15, 0.2) is 18.2 Å². The van der Waals surface area contributed by atoms with Crippen molar-refractivity contribution >= 4 is 34.5 Å². The van der Waals surface area contributed by atoms with Crippen LogP contribution in [0.3, 0.4) is 0 Å². The van der Waals surface area contributed by atoms with Crippen molar-refractivity contribution in [2.24, 2.45) is 0 Å². The van der Waals surface area contributed by atoms with Gasteiger partial charge in [-0.3, -0.25) is 4.90 Å². The molecule has 1 saturated heterocycles. The number of nitrogens with zero attached hydrogens (tertiary/aromatic N) is 4. The van der Waals surface area contributed by atoms with Gasteiger partial charge in [0.15, 0.2) is 0 Å². The summed E-state index contributed by atoms with van der Waals surface area (Å²) in [5.74, 6) is 2.69. The number of anilines is 2. The third-order valence-corrected chi connectivity index (χ3v) is 7.63. The summed E-state index contributed by atoms with van der Waals surface area (Å²) in [5, 5.41) is 7.03. The maximum Gasteiger partial charge on any atom is 0.328 e. The second kappa shape index (κ2) is 12.7. The Bertz CT molecular complexity index is 922. The van der Waals surface area contributed by atoms with Crippen LogP contribution in [0.25, 0.3) is 0 Å². The SMILES string of the molecule is CCN1CCCC1CNc1nc(NC2CCCCCC2)nc(Oc2ccc(OC)c(CI)c2)n1. The van der Waals surface area contributed by atoms with Crippen LogP contribution in [0.2, 0.25) is 0 Å². The summed E-state index contributed by atoms with van der Waals surface area (Å²) in [6.07, 6.45) is 9.86. The van der Waals surface area contributed by atoms with Crippen molar-refractivity contribution in [3.05, 3.63) is 23.8 Å². The van der Waals surface area contributed by atoms with Crippen molar-refractivity contribution < 1.29 is 9.47 Å². The van der Waals surface area contributed by atoms with Gasteiger partial charge in [0.25, 0.3) is 0 Å². The molecule has 1 unspecified atom stereocenters. The highest BCUT2D eigenvalue weighted by molar-refractivity contribution is 14.1. The van der Waals surface area contributed by atoms with E-state index in [-0.39, 0.29) is 0 Å². The Morgan fingerprint density at radius 1 is 1.03 bits per heavy atom. The van der Waals surface area contributed by atoms with Crippen LogP contribution >= 0.6 is 22.6 Å². The minimum atomic E-state index is 0.303. The van der Waals surface area contributed by atoms with E-state index >= 15 is 0 Å². The summed E-state index contributed by atoms with van der Waals surface area (Å²) in [7, 11) is 1.69. The number of methoxy groups -OCH3 is 1. The first-order valence-corrected chi connectivity index (χ1v) is 14.1. The zero-order valence-electron chi connectivity index (χ0n) is 20.4. The molecular formula is C25H37IN6O2. The summed E-state index contributed by atoms with van der Waals surface area (Å²) >= 11 is 2.33. The largest absolute Gasteiger partial charge is 0.496 e. The van der Waals surface area contributed by atoms with Crippen molar-refractivity contribution in [2.45, 2.75) is 74.8 Å². The quantitative estimate of drug-likeness (QED) is 0.212. The van der Waals surface area contributed by atoms with Crippen molar-refractivity contribution in [3.8, 4) is 17.5 Å². The molecule has 0 amide bonds. The normalized spacial score (nSPS) is 19.6. The lowest BCUT2D eigenvalue weighted by molar-refractivity contribution is 0.276. The first kappa shape index (κ1) is 25.2. The summed E-state index contributed by atoms with van der Waals surface area (Å²) in [6, 6.07) is 7.00. The molecule has 186 valence electrons. The van der Waals surface area contributed by atoms with E-state index in [0.717, 1.165) is 41.7 Å². The predicted molar refractivity (Wildman–Crippen MR) is 144 cm³/mol. The molecule has 4 rings (SSSR count). The Morgan fingerprint density at radius 3 is 2.56 bits per heavy atom. The molecule has 1 aliphatic carbocycles. The number of benzene rings is 1. The van der Waals surface area contributed by atoms with E-state index in [9.17, 15) is 0 Å². The van der Waals surface area contributed by atoms with Crippen LogP contribution in [-0.4, -0.2) is 58.7 Å². The fourth-order valence-electron chi connectivity index (χ4n) is 4.93. The van der Waals surface area contributed by atoms with Gasteiger partial charge in [-0.05, 0) is 57.0 Å². The molecular weight excluding hydrogens is 543 g/mol. The van der Waals surface area contributed by atoms with Gasteiger partial charge in [-0.1, -0.05) is 55.2 Å². The van der Waals surface area contributed by atoms with Gasteiger partial charge in [-0.25, -0.2) is 0 Å². The monoisotopic (exact) mass is 580 g/mol. The topological polar surface area (TPSA) is 84.4 Å². The second-order valence-corrected chi connectivity index (χ2v) is 9.88. The summed E-state index contributed by atoms with van der Waals surface area (Å²) in [6.45, 7) is 5.28. The highest BCUT2D eigenvalue weighted by Gasteiger charge is 2.23. The van der Waals surface area contributed by atoms with Crippen LogP contribution in [0, 0.1) is 0 Å². The lowest BCUT2D eigenvalue weighted by Gasteiger charge is -2.23. The zero-order chi connectivity index (χ0) is 23.8. The number of alkyl halides is 1. The molecule has 0 radical (unpaired) electrons. The smallest absolute Gasteiger partial charge is 0.328 e. The van der Waals surface area contributed by atoms with E-state index in [4.69, 9.17) is 14.5 Å². The molecule has 2 fully saturated rings. The van der Waals surface area contributed by atoms with E-state index in [0.29, 0.717) is 35.7 Å². The molecule has 1 aromatic carbocycles. The minimum absolute atomic E-state index is 0.303. The van der Waals surface area contributed by atoms with Gasteiger partial charge in [0.05, 0.1) is 7.11 Å². The number of aromatic nitrogens is 3. The van der Waals surface area contributed by atoms with Gasteiger partial charge in [0.2, 0.25) is 11.9 Å². The average Bonchev–Trinajstić information content (AvgIpc) is 3.17. The fraction of sp³-hybridized carbons (Fsp3) is 0.640. The summed E-state index contributed by atoms with van der Waals surface area (Å²) in [5.41, 5.74) is 1.07. The van der Waals surface area contributed by atoms with E-state index < -0.39 is 0 Å². The average molecular weight is 581 g/mol. The number of rotatable bonds is 10. The van der Waals surface area contributed by atoms with Gasteiger partial charge >= 0.3 is 6.01 Å². The molecule has 1 aliphatic heterocycles. The molecule has 1 saturated carbocycles.